The molecule has 2 aromatic rings. The fourth-order valence-electron chi connectivity index (χ4n) is 2.22. The normalized spacial score (nSPS) is 10.2. The number of nitrogen functional groups attached to an aromatic ring is 2. The zero-order valence-corrected chi connectivity index (χ0v) is 12.0. The molecule has 0 atom stereocenters. The quantitative estimate of drug-likeness (QED) is 0.828. The Morgan fingerprint density at radius 2 is 1.52 bits per heavy atom. The van der Waals surface area contributed by atoms with E-state index in [4.69, 9.17) is 11.5 Å². The molecule has 0 aliphatic rings. The summed E-state index contributed by atoms with van der Waals surface area (Å²) in [5, 5.41) is 0. The second-order valence-corrected chi connectivity index (χ2v) is 4.77. The third kappa shape index (κ3) is 3.02. The van der Waals surface area contributed by atoms with E-state index in [9.17, 15) is 9.59 Å². The summed E-state index contributed by atoms with van der Waals surface area (Å²) in [6, 6.07) is 12.6. The van der Waals surface area contributed by atoms with Crippen molar-refractivity contribution in [2.45, 2.75) is 13.8 Å². The summed E-state index contributed by atoms with van der Waals surface area (Å²) in [7, 11) is 0. The number of rotatable bonds is 2. The van der Waals surface area contributed by atoms with Gasteiger partial charge in [0.05, 0.1) is 11.4 Å². The summed E-state index contributed by atoms with van der Waals surface area (Å²) in [5.41, 5.74) is 15.0. The maximum absolute atomic E-state index is 11.6. The van der Waals surface area contributed by atoms with Gasteiger partial charge in [-0.3, -0.25) is 9.59 Å². The van der Waals surface area contributed by atoms with Gasteiger partial charge in [0.1, 0.15) is 0 Å². The van der Waals surface area contributed by atoms with Crippen LogP contribution in [0.2, 0.25) is 0 Å². The molecule has 5 nitrogen and oxygen atoms in total. The Labute approximate surface area is 123 Å². The van der Waals surface area contributed by atoms with Gasteiger partial charge in [0, 0.05) is 19.5 Å². The Hall–Kier alpha value is -2.82. The smallest absolute Gasteiger partial charge is 0.230 e. The molecule has 0 heterocycles. The Morgan fingerprint density at radius 1 is 0.905 bits per heavy atom. The fraction of sp³-hybridized carbons (Fsp3) is 0.125. The first kappa shape index (κ1) is 14.6. The number of hydrogen-bond acceptors (Lipinski definition) is 4. The second-order valence-electron chi connectivity index (χ2n) is 4.77. The van der Waals surface area contributed by atoms with E-state index in [0.29, 0.717) is 17.1 Å². The van der Waals surface area contributed by atoms with E-state index in [2.05, 4.69) is 0 Å². The summed E-state index contributed by atoms with van der Waals surface area (Å²) in [6.07, 6.45) is 0. The van der Waals surface area contributed by atoms with Crippen LogP contribution in [-0.2, 0) is 9.59 Å². The van der Waals surface area contributed by atoms with Crippen LogP contribution in [0.4, 0.5) is 17.1 Å². The zero-order chi connectivity index (χ0) is 15.6. The first-order chi connectivity index (χ1) is 9.90. The number of nitrogens with two attached hydrogens (primary N) is 2. The van der Waals surface area contributed by atoms with Gasteiger partial charge in [0.15, 0.2) is 0 Å². The molecule has 0 saturated carbocycles. The summed E-state index contributed by atoms with van der Waals surface area (Å²) in [6.45, 7) is 2.65. The predicted octanol–water partition coefficient (Wildman–Crippen LogP) is 2.42. The number of nitrogens with zero attached hydrogens (tertiary/aromatic N) is 1. The number of anilines is 3. The molecule has 0 aliphatic carbocycles. The molecular formula is C16H17N3O2. The monoisotopic (exact) mass is 283 g/mol. The largest absolute Gasteiger partial charge is 0.399 e. The molecule has 0 fully saturated rings. The van der Waals surface area contributed by atoms with Gasteiger partial charge >= 0.3 is 0 Å². The molecule has 2 aromatic carbocycles. The fourth-order valence-corrected chi connectivity index (χ4v) is 2.22. The number of carbonyl (C=O) groups excluding carboxylic acids is 2. The number of imide groups is 1. The van der Waals surface area contributed by atoms with Crippen LogP contribution in [0.5, 0.6) is 0 Å². The molecule has 0 spiro atoms. The van der Waals surface area contributed by atoms with E-state index in [0.717, 1.165) is 16.0 Å². The minimum Gasteiger partial charge on any atom is -0.399 e. The van der Waals surface area contributed by atoms with Crippen LogP contribution in [0.1, 0.15) is 13.8 Å². The lowest BCUT2D eigenvalue weighted by Gasteiger charge is -2.19. The summed E-state index contributed by atoms with van der Waals surface area (Å²) >= 11 is 0. The highest BCUT2D eigenvalue weighted by Gasteiger charge is 2.18. The van der Waals surface area contributed by atoms with Crippen molar-refractivity contribution in [1.82, 2.24) is 0 Å². The molecule has 0 aliphatic heterocycles. The van der Waals surface area contributed by atoms with Crippen LogP contribution in [0, 0.1) is 0 Å². The summed E-state index contributed by atoms with van der Waals surface area (Å²) < 4.78 is 0. The van der Waals surface area contributed by atoms with Crippen LogP contribution < -0.4 is 16.4 Å². The van der Waals surface area contributed by atoms with Crippen molar-refractivity contribution in [2.75, 3.05) is 16.4 Å². The molecule has 21 heavy (non-hydrogen) atoms. The van der Waals surface area contributed by atoms with Gasteiger partial charge in [0.25, 0.3) is 0 Å². The topological polar surface area (TPSA) is 89.4 Å². The molecule has 0 bridgehead atoms. The van der Waals surface area contributed by atoms with Crippen molar-refractivity contribution in [3.05, 3.63) is 42.5 Å². The van der Waals surface area contributed by atoms with Crippen LogP contribution in [0.25, 0.3) is 11.1 Å². The Kier molecular flexibility index (Phi) is 3.93. The highest BCUT2D eigenvalue weighted by molar-refractivity contribution is 6.15. The highest BCUT2D eigenvalue weighted by Crippen LogP contribution is 2.30. The van der Waals surface area contributed by atoms with E-state index in [-0.39, 0.29) is 11.8 Å². The average Bonchev–Trinajstić information content (AvgIpc) is 2.40. The molecule has 4 N–H and O–H groups in total. The standard InChI is InChI=1S/C16H17N3O2/c1-10(20)19(11(2)21)16-7-6-13(9-15(16)18)12-4-3-5-14(17)8-12/h3-9H,17-18H2,1-2H3. The molecule has 0 unspecified atom stereocenters. The van der Waals surface area contributed by atoms with Gasteiger partial charge in [-0.15, -0.1) is 0 Å². The second kappa shape index (κ2) is 5.66. The van der Waals surface area contributed by atoms with E-state index >= 15 is 0 Å². The van der Waals surface area contributed by atoms with Gasteiger partial charge in [-0.2, -0.15) is 0 Å². The molecule has 2 rings (SSSR count). The minimum absolute atomic E-state index is 0.361. The number of amides is 2. The number of hydrogen-bond donors (Lipinski definition) is 2. The van der Waals surface area contributed by atoms with Gasteiger partial charge in [-0.05, 0) is 35.4 Å². The SMILES string of the molecule is CC(=O)N(C(C)=O)c1ccc(-c2cccc(N)c2)cc1N. The third-order valence-corrected chi connectivity index (χ3v) is 3.12. The van der Waals surface area contributed by atoms with Crippen LogP contribution in [0.15, 0.2) is 42.5 Å². The van der Waals surface area contributed by atoms with Gasteiger partial charge in [0.2, 0.25) is 11.8 Å². The van der Waals surface area contributed by atoms with Gasteiger partial charge < -0.3 is 11.5 Å². The van der Waals surface area contributed by atoms with Crippen LogP contribution in [-0.4, -0.2) is 11.8 Å². The van der Waals surface area contributed by atoms with E-state index in [1.165, 1.54) is 13.8 Å². The Balaban J connectivity index is 2.46. The van der Waals surface area contributed by atoms with E-state index in [1.807, 2.05) is 18.2 Å². The van der Waals surface area contributed by atoms with Gasteiger partial charge in [-0.1, -0.05) is 18.2 Å². The van der Waals surface area contributed by atoms with Crippen molar-refractivity contribution in [2.24, 2.45) is 0 Å². The summed E-state index contributed by atoms with van der Waals surface area (Å²) in [5.74, 6) is -0.739. The van der Waals surface area contributed by atoms with Gasteiger partial charge in [-0.25, -0.2) is 4.90 Å². The first-order valence-electron chi connectivity index (χ1n) is 6.47. The van der Waals surface area contributed by atoms with Crippen LogP contribution in [0.3, 0.4) is 0 Å². The van der Waals surface area contributed by atoms with Crippen molar-refractivity contribution >= 4 is 28.9 Å². The van der Waals surface area contributed by atoms with Crippen molar-refractivity contribution in [3.63, 3.8) is 0 Å². The molecule has 5 heteroatoms. The first-order valence-corrected chi connectivity index (χ1v) is 6.47. The molecule has 0 aromatic heterocycles. The molecule has 2 amide bonds. The van der Waals surface area contributed by atoms with E-state index in [1.54, 1.807) is 24.3 Å². The Morgan fingerprint density at radius 3 is 2.05 bits per heavy atom. The zero-order valence-electron chi connectivity index (χ0n) is 12.0. The predicted molar refractivity (Wildman–Crippen MR) is 84.5 cm³/mol. The molecule has 0 radical (unpaired) electrons. The van der Waals surface area contributed by atoms with Crippen molar-refractivity contribution < 1.29 is 9.59 Å². The van der Waals surface area contributed by atoms with E-state index < -0.39 is 0 Å². The lowest BCUT2D eigenvalue weighted by Crippen LogP contribution is -2.33. The molecule has 0 saturated heterocycles. The van der Waals surface area contributed by atoms with Crippen molar-refractivity contribution in [1.29, 1.82) is 0 Å². The van der Waals surface area contributed by atoms with Crippen LogP contribution >= 0.6 is 0 Å². The highest BCUT2D eigenvalue weighted by atomic mass is 16.2. The maximum Gasteiger partial charge on any atom is 0.230 e. The molecular weight excluding hydrogens is 266 g/mol. The number of carbonyl (C=O) groups is 2. The lowest BCUT2D eigenvalue weighted by atomic mass is 10.0. The average molecular weight is 283 g/mol. The number of benzene rings is 2. The minimum atomic E-state index is -0.370. The molecule has 108 valence electrons. The maximum atomic E-state index is 11.6. The Bertz CT molecular complexity index is 696. The lowest BCUT2D eigenvalue weighted by molar-refractivity contribution is -0.124. The third-order valence-electron chi connectivity index (χ3n) is 3.12. The summed E-state index contributed by atoms with van der Waals surface area (Å²) in [4.78, 5) is 24.2. The van der Waals surface area contributed by atoms with Crippen molar-refractivity contribution in [3.8, 4) is 11.1 Å².